The summed E-state index contributed by atoms with van der Waals surface area (Å²) in [6.07, 6.45) is 2.43. The minimum atomic E-state index is -0.169. The van der Waals surface area contributed by atoms with Crippen LogP contribution in [0, 0.1) is 0 Å². The lowest BCUT2D eigenvalue weighted by atomic mass is 10.1. The summed E-state index contributed by atoms with van der Waals surface area (Å²) in [6.45, 7) is 2.17. The molecule has 3 aromatic rings. The highest BCUT2D eigenvalue weighted by Gasteiger charge is 2.17. The molecule has 0 saturated carbocycles. The van der Waals surface area contributed by atoms with Crippen molar-refractivity contribution in [2.24, 2.45) is 0 Å². The summed E-state index contributed by atoms with van der Waals surface area (Å²) in [5.74, 6) is 0.734. The molecule has 0 bridgehead atoms. The third-order valence-corrected chi connectivity index (χ3v) is 5.61. The van der Waals surface area contributed by atoms with Gasteiger partial charge in [-0.3, -0.25) is 4.79 Å². The number of hydrogen-bond donors (Lipinski definition) is 2. The number of halogens is 1. The van der Waals surface area contributed by atoms with Crippen molar-refractivity contribution in [2.75, 3.05) is 30.8 Å². The average molecular weight is 436 g/mol. The summed E-state index contributed by atoms with van der Waals surface area (Å²) >= 11 is 5.87. The molecule has 0 aliphatic carbocycles. The number of carbonyl (C=O) groups excluding carboxylic acids is 1. The van der Waals surface area contributed by atoms with Gasteiger partial charge in [-0.2, -0.15) is 0 Å². The number of nitrogens with one attached hydrogen (secondary N) is 2. The molecule has 1 aliphatic heterocycles. The third kappa shape index (κ3) is 6.00. The lowest BCUT2D eigenvalue weighted by molar-refractivity contribution is 0.102. The number of amides is 1. The zero-order valence-corrected chi connectivity index (χ0v) is 18.2. The van der Waals surface area contributed by atoms with Gasteiger partial charge in [0, 0.05) is 40.7 Å². The highest BCUT2D eigenvalue weighted by Crippen LogP contribution is 2.24. The minimum Gasteiger partial charge on any atom is -0.490 e. The van der Waals surface area contributed by atoms with Gasteiger partial charge in [0.1, 0.15) is 11.9 Å². The van der Waals surface area contributed by atoms with E-state index >= 15 is 0 Å². The minimum absolute atomic E-state index is 0.169. The first-order valence-corrected chi connectivity index (χ1v) is 10.8. The lowest BCUT2D eigenvalue weighted by Crippen LogP contribution is -2.35. The third-order valence-electron chi connectivity index (χ3n) is 5.36. The molecule has 1 aliphatic rings. The Kier molecular flexibility index (Phi) is 6.75. The van der Waals surface area contributed by atoms with Gasteiger partial charge in [-0.15, -0.1) is 0 Å². The van der Waals surface area contributed by atoms with E-state index in [-0.39, 0.29) is 5.91 Å². The van der Waals surface area contributed by atoms with Gasteiger partial charge in [-0.1, -0.05) is 11.6 Å². The highest BCUT2D eigenvalue weighted by molar-refractivity contribution is 6.30. The molecule has 0 spiro atoms. The van der Waals surface area contributed by atoms with Crippen molar-refractivity contribution in [3.63, 3.8) is 0 Å². The van der Waals surface area contributed by atoms with E-state index < -0.39 is 0 Å². The zero-order valence-electron chi connectivity index (χ0n) is 17.5. The molecule has 0 radical (unpaired) electrons. The van der Waals surface area contributed by atoms with Crippen LogP contribution in [0.1, 0.15) is 23.2 Å². The van der Waals surface area contributed by atoms with Crippen molar-refractivity contribution in [2.45, 2.75) is 18.9 Å². The number of nitrogens with zero attached hydrogens (tertiary/aromatic N) is 1. The van der Waals surface area contributed by atoms with E-state index in [1.807, 2.05) is 48.5 Å². The lowest BCUT2D eigenvalue weighted by Gasteiger charge is -2.29. The van der Waals surface area contributed by atoms with Crippen molar-refractivity contribution in [3.05, 3.63) is 83.4 Å². The Morgan fingerprint density at radius 3 is 2.03 bits per heavy atom. The van der Waals surface area contributed by atoms with E-state index in [9.17, 15) is 4.79 Å². The summed E-state index contributed by atoms with van der Waals surface area (Å²) in [5, 5.41) is 6.86. The number of likely N-dealkylation sites (tertiary alicyclic amines) is 1. The highest BCUT2D eigenvalue weighted by atomic mass is 35.5. The molecule has 1 heterocycles. The molecule has 3 aromatic carbocycles. The maximum absolute atomic E-state index is 12.3. The van der Waals surface area contributed by atoms with Crippen LogP contribution in [0.5, 0.6) is 5.75 Å². The molecular weight excluding hydrogens is 410 g/mol. The van der Waals surface area contributed by atoms with E-state index in [0.29, 0.717) is 16.7 Å². The summed E-state index contributed by atoms with van der Waals surface area (Å²) in [6, 6.07) is 22.4. The molecule has 0 aromatic heterocycles. The van der Waals surface area contributed by atoms with Crippen molar-refractivity contribution in [1.29, 1.82) is 0 Å². The molecule has 4 rings (SSSR count). The molecule has 160 valence electrons. The van der Waals surface area contributed by atoms with Crippen LogP contribution < -0.4 is 15.4 Å². The van der Waals surface area contributed by atoms with Crippen LogP contribution in [0.25, 0.3) is 0 Å². The molecule has 31 heavy (non-hydrogen) atoms. The van der Waals surface area contributed by atoms with Crippen LogP contribution in [0.4, 0.5) is 17.1 Å². The SMILES string of the molecule is CN1CCC(Oc2ccc(Nc3ccc(NC(=O)c4ccc(Cl)cc4)cc3)cc2)CC1. The van der Waals surface area contributed by atoms with Crippen LogP contribution >= 0.6 is 11.6 Å². The fourth-order valence-corrected chi connectivity index (χ4v) is 3.65. The molecule has 1 saturated heterocycles. The fourth-order valence-electron chi connectivity index (χ4n) is 3.52. The average Bonchev–Trinajstić information content (AvgIpc) is 2.78. The predicted molar refractivity (Wildman–Crippen MR) is 127 cm³/mol. The molecule has 0 atom stereocenters. The Balaban J connectivity index is 1.30. The maximum atomic E-state index is 12.3. The Bertz CT molecular complexity index is 996. The van der Waals surface area contributed by atoms with Gasteiger partial charge >= 0.3 is 0 Å². The largest absolute Gasteiger partial charge is 0.490 e. The monoisotopic (exact) mass is 435 g/mol. The summed E-state index contributed by atoms with van der Waals surface area (Å²) in [4.78, 5) is 14.6. The number of benzene rings is 3. The normalized spacial score (nSPS) is 14.8. The molecule has 2 N–H and O–H groups in total. The molecule has 1 amide bonds. The van der Waals surface area contributed by atoms with Gasteiger partial charge < -0.3 is 20.3 Å². The van der Waals surface area contributed by atoms with E-state index in [1.54, 1.807) is 24.3 Å². The summed E-state index contributed by atoms with van der Waals surface area (Å²) in [7, 11) is 2.15. The molecular formula is C25H26ClN3O2. The number of hydrogen-bond acceptors (Lipinski definition) is 4. The van der Waals surface area contributed by atoms with Gasteiger partial charge in [0.05, 0.1) is 0 Å². The van der Waals surface area contributed by atoms with E-state index in [0.717, 1.165) is 48.7 Å². The smallest absolute Gasteiger partial charge is 0.255 e. The van der Waals surface area contributed by atoms with Crippen LogP contribution in [-0.2, 0) is 0 Å². The fraction of sp³-hybridized carbons (Fsp3) is 0.240. The molecule has 6 heteroatoms. The van der Waals surface area contributed by atoms with Crippen molar-refractivity contribution >= 4 is 34.6 Å². The maximum Gasteiger partial charge on any atom is 0.255 e. The Morgan fingerprint density at radius 1 is 0.871 bits per heavy atom. The number of carbonyl (C=O) groups is 1. The first-order chi connectivity index (χ1) is 15.0. The van der Waals surface area contributed by atoms with E-state index in [1.165, 1.54) is 0 Å². The van der Waals surface area contributed by atoms with Crippen LogP contribution in [-0.4, -0.2) is 37.0 Å². The second kappa shape index (κ2) is 9.86. The van der Waals surface area contributed by atoms with Gasteiger partial charge in [0.15, 0.2) is 0 Å². The Labute approximate surface area is 188 Å². The molecule has 0 unspecified atom stereocenters. The Morgan fingerprint density at radius 2 is 1.42 bits per heavy atom. The van der Waals surface area contributed by atoms with E-state index in [4.69, 9.17) is 16.3 Å². The number of piperidine rings is 1. The number of anilines is 3. The predicted octanol–water partition coefficient (Wildman–Crippen LogP) is 5.81. The van der Waals surface area contributed by atoms with Gasteiger partial charge in [0.2, 0.25) is 0 Å². The van der Waals surface area contributed by atoms with Crippen molar-refractivity contribution in [3.8, 4) is 5.75 Å². The first-order valence-electron chi connectivity index (χ1n) is 10.4. The van der Waals surface area contributed by atoms with Gasteiger partial charge in [0.25, 0.3) is 5.91 Å². The zero-order chi connectivity index (χ0) is 21.6. The standard InChI is InChI=1S/C25H26ClN3O2/c1-29-16-14-24(15-17-29)31-23-12-10-21(11-13-23)27-20-6-8-22(9-7-20)28-25(30)18-2-4-19(26)5-3-18/h2-13,24,27H,14-17H2,1H3,(H,28,30). The number of rotatable bonds is 6. The van der Waals surface area contributed by atoms with E-state index in [2.05, 4.69) is 22.6 Å². The van der Waals surface area contributed by atoms with Gasteiger partial charge in [-0.05, 0) is 92.7 Å². The molecule has 5 nitrogen and oxygen atoms in total. The summed E-state index contributed by atoms with van der Waals surface area (Å²) < 4.78 is 6.10. The van der Waals surface area contributed by atoms with Crippen molar-refractivity contribution in [1.82, 2.24) is 4.90 Å². The second-order valence-electron chi connectivity index (χ2n) is 7.81. The first kappa shape index (κ1) is 21.2. The summed E-state index contributed by atoms with van der Waals surface area (Å²) in [5.41, 5.74) is 3.21. The van der Waals surface area contributed by atoms with Crippen LogP contribution in [0.3, 0.4) is 0 Å². The van der Waals surface area contributed by atoms with Crippen LogP contribution in [0.15, 0.2) is 72.8 Å². The quantitative estimate of drug-likeness (QED) is 0.513. The topological polar surface area (TPSA) is 53.6 Å². The number of ether oxygens (including phenoxy) is 1. The second-order valence-corrected chi connectivity index (χ2v) is 8.24. The molecule has 1 fully saturated rings. The van der Waals surface area contributed by atoms with Crippen LogP contribution in [0.2, 0.25) is 5.02 Å². The van der Waals surface area contributed by atoms with Crippen molar-refractivity contribution < 1.29 is 9.53 Å². The van der Waals surface area contributed by atoms with Gasteiger partial charge in [-0.25, -0.2) is 0 Å². The Hall–Kier alpha value is -3.02.